The van der Waals surface area contributed by atoms with Gasteiger partial charge in [0.2, 0.25) is 10.0 Å². The van der Waals surface area contributed by atoms with Crippen LogP contribution in [0.3, 0.4) is 0 Å². The number of esters is 1. The standard InChI is InChI=1S/C10H18N2O4S2/c1-3-8(9(11)17)18(14,15)12-5-4-7(6-12)10(13)16-2/h7-8H,3-6H2,1-2H3,(H2,11,17). The fraction of sp³-hybridized carbons (Fsp3) is 0.800. The quantitative estimate of drug-likeness (QED) is 0.561. The molecule has 0 bridgehead atoms. The van der Waals surface area contributed by atoms with Gasteiger partial charge in [-0.15, -0.1) is 0 Å². The van der Waals surface area contributed by atoms with Crippen molar-refractivity contribution in [2.24, 2.45) is 11.7 Å². The van der Waals surface area contributed by atoms with Crippen LogP contribution < -0.4 is 5.73 Å². The molecule has 0 aromatic carbocycles. The smallest absolute Gasteiger partial charge is 0.310 e. The van der Waals surface area contributed by atoms with Gasteiger partial charge in [-0.1, -0.05) is 19.1 Å². The number of nitrogens with zero attached hydrogens (tertiary/aromatic N) is 1. The summed E-state index contributed by atoms with van der Waals surface area (Å²) in [6, 6.07) is 0. The molecule has 0 radical (unpaired) electrons. The van der Waals surface area contributed by atoms with Crippen LogP contribution in [0, 0.1) is 5.92 Å². The van der Waals surface area contributed by atoms with Gasteiger partial charge in [-0.2, -0.15) is 0 Å². The average Bonchev–Trinajstić information content (AvgIpc) is 2.77. The van der Waals surface area contributed by atoms with E-state index in [9.17, 15) is 13.2 Å². The third-order valence-corrected chi connectivity index (χ3v) is 5.88. The van der Waals surface area contributed by atoms with E-state index in [2.05, 4.69) is 4.74 Å². The second kappa shape index (κ2) is 5.94. The number of sulfonamides is 1. The maximum absolute atomic E-state index is 12.3. The fourth-order valence-electron chi connectivity index (χ4n) is 2.06. The summed E-state index contributed by atoms with van der Waals surface area (Å²) in [5, 5.41) is -0.858. The minimum atomic E-state index is -3.57. The number of hydrogen-bond acceptors (Lipinski definition) is 5. The molecule has 0 saturated carbocycles. The molecule has 2 N–H and O–H groups in total. The second-order valence-corrected chi connectivity index (χ2v) is 6.80. The summed E-state index contributed by atoms with van der Waals surface area (Å²) in [6.45, 7) is 2.17. The Morgan fingerprint density at radius 2 is 2.22 bits per heavy atom. The predicted octanol–water partition coefficient (Wildman–Crippen LogP) is -0.124. The number of nitrogens with two attached hydrogens (primary N) is 1. The number of rotatable bonds is 5. The van der Waals surface area contributed by atoms with Gasteiger partial charge in [0.15, 0.2) is 0 Å². The maximum atomic E-state index is 12.3. The largest absolute Gasteiger partial charge is 0.469 e. The van der Waals surface area contributed by atoms with E-state index in [-0.39, 0.29) is 17.5 Å². The van der Waals surface area contributed by atoms with Crippen molar-refractivity contribution >= 4 is 33.2 Å². The van der Waals surface area contributed by atoms with Gasteiger partial charge in [-0.05, 0) is 12.8 Å². The van der Waals surface area contributed by atoms with E-state index in [4.69, 9.17) is 18.0 Å². The van der Waals surface area contributed by atoms with Crippen LogP contribution in [0.1, 0.15) is 19.8 Å². The molecule has 1 rings (SSSR count). The van der Waals surface area contributed by atoms with E-state index < -0.39 is 21.2 Å². The summed E-state index contributed by atoms with van der Waals surface area (Å²) < 4.78 is 30.4. The highest BCUT2D eigenvalue weighted by Gasteiger charge is 2.39. The van der Waals surface area contributed by atoms with E-state index in [0.717, 1.165) is 0 Å². The van der Waals surface area contributed by atoms with Crippen LogP contribution in [0.25, 0.3) is 0 Å². The molecule has 6 nitrogen and oxygen atoms in total. The van der Waals surface area contributed by atoms with Crippen LogP contribution in [0.4, 0.5) is 0 Å². The van der Waals surface area contributed by atoms with Gasteiger partial charge in [0, 0.05) is 13.1 Å². The maximum Gasteiger partial charge on any atom is 0.310 e. The van der Waals surface area contributed by atoms with Crippen LogP contribution in [0.15, 0.2) is 0 Å². The average molecular weight is 294 g/mol. The molecule has 0 aromatic rings. The van der Waals surface area contributed by atoms with Crippen molar-refractivity contribution in [1.29, 1.82) is 0 Å². The van der Waals surface area contributed by atoms with Gasteiger partial charge in [0.1, 0.15) is 5.25 Å². The van der Waals surface area contributed by atoms with Crippen molar-refractivity contribution in [3.05, 3.63) is 0 Å². The lowest BCUT2D eigenvalue weighted by Crippen LogP contribution is -2.43. The van der Waals surface area contributed by atoms with Gasteiger partial charge in [-0.25, -0.2) is 12.7 Å². The van der Waals surface area contributed by atoms with E-state index >= 15 is 0 Å². The van der Waals surface area contributed by atoms with Crippen LogP contribution >= 0.6 is 12.2 Å². The summed E-state index contributed by atoms with van der Waals surface area (Å²) in [6.07, 6.45) is 0.802. The van der Waals surface area contributed by atoms with Gasteiger partial charge in [0.05, 0.1) is 18.0 Å². The normalized spacial score (nSPS) is 22.7. The monoisotopic (exact) mass is 294 g/mol. The minimum absolute atomic E-state index is 0.0287. The third-order valence-electron chi connectivity index (χ3n) is 3.09. The highest BCUT2D eigenvalue weighted by atomic mass is 32.2. The fourth-order valence-corrected chi connectivity index (χ4v) is 4.41. The Bertz CT molecular complexity index is 435. The van der Waals surface area contributed by atoms with E-state index in [1.165, 1.54) is 11.4 Å². The first-order valence-electron chi connectivity index (χ1n) is 5.70. The predicted molar refractivity (Wildman–Crippen MR) is 71.5 cm³/mol. The summed E-state index contributed by atoms with van der Waals surface area (Å²) in [7, 11) is -2.27. The Morgan fingerprint density at radius 3 is 2.67 bits per heavy atom. The van der Waals surface area contributed by atoms with Crippen LogP contribution in [-0.4, -0.2) is 49.1 Å². The van der Waals surface area contributed by atoms with Gasteiger partial charge in [0.25, 0.3) is 0 Å². The van der Waals surface area contributed by atoms with E-state index in [1.54, 1.807) is 6.92 Å². The summed E-state index contributed by atoms with van der Waals surface area (Å²) >= 11 is 4.78. The lowest BCUT2D eigenvalue weighted by molar-refractivity contribution is -0.144. The Labute approximate surface area is 113 Å². The van der Waals surface area contributed by atoms with E-state index in [1.807, 2.05) is 0 Å². The number of ether oxygens (including phenoxy) is 1. The molecule has 0 aromatic heterocycles. The molecule has 0 amide bonds. The molecule has 1 fully saturated rings. The SMILES string of the molecule is CCC(C(N)=S)S(=O)(=O)N1CCC(C(=O)OC)C1. The first-order chi connectivity index (χ1) is 8.34. The van der Waals surface area contributed by atoms with Crippen molar-refractivity contribution in [3.63, 3.8) is 0 Å². The molecular formula is C10H18N2O4S2. The van der Waals surface area contributed by atoms with Crippen molar-refractivity contribution < 1.29 is 17.9 Å². The van der Waals surface area contributed by atoms with Crippen LogP contribution in [-0.2, 0) is 19.6 Å². The van der Waals surface area contributed by atoms with Gasteiger partial charge < -0.3 is 10.5 Å². The first-order valence-corrected chi connectivity index (χ1v) is 7.61. The second-order valence-electron chi connectivity index (χ2n) is 4.21. The molecule has 1 aliphatic heterocycles. The molecule has 2 unspecified atom stereocenters. The molecule has 0 spiro atoms. The van der Waals surface area contributed by atoms with Crippen molar-refractivity contribution in [1.82, 2.24) is 4.31 Å². The van der Waals surface area contributed by atoms with E-state index in [0.29, 0.717) is 19.4 Å². The third kappa shape index (κ3) is 2.99. The molecule has 2 atom stereocenters. The molecule has 1 saturated heterocycles. The number of carbonyl (C=O) groups is 1. The van der Waals surface area contributed by atoms with Crippen LogP contribution in [0.5, 0.6) is 0 Å². The molecule has 104 valence electrons. The summed E-state index contributed by atoms with van der Waals surface area (Å²) in [5.74, 6) is -0.773. The zero-order valence-electron chi connectivity index (χ0n) is 10.5. The van der Waals surface area contributed by atoms with Gasteiger partial charge in [-0.3, -0.25) is 4.79 Å². The topological polar surface area (TPSA) is 89.7 Å². The number of methoxy groups -OCH3 is 1. The molecule has 1 heterocycles. The molecule has 0 aliphatic carbocycles. The summed E-state index contributed by atoms with van der Waals surface area (Å²) in [5.41, 5.74) is 5.46. The van der Waals surface area contributed by atoms with Crippen LogP contribution in [0.2, 0.25) is 0 Å². The highest BCUT2D eigenvalue weighted by molar-refractivity contribution is 7.92. The number of hydrogen-bond donors (Lipinski definition) is 1. The zero-order chi connectivity index (χ0) is 13.9. The zero-order valence-corrected chi connectivity index (χ0v) is 12.1. The van der Waals surface area contributed by atoms with Crippen molar-refractivity contribution in [2.45, 2.75) is 25.0 Å². The number of carbonyl (C=O) groups excluding carboxylic acids is 1. The van der Waals surface area contributed by atoms with Gasteiger partial charge >= 0.3 is 5.97 Å². The Morgan fingerprint density at radius 1 is 1.61 bits per heavy atom. The Hall–Kier alpha value is -0.730. The Balaban J connectivity index is 2.83. The lowest BCUT2D eigenvalue weighted by atomic mass is 10.1. The minimum Gasteiger partial charge on any atom is -0.469 e. The highest BCUT2D eigenvalue weighted by Crippen LogP contribution is 2.24. The molecular weight excluding hydrogens is 276 g/mol. The van der Waals surface area contributed by atoms with Crippen molar-refractivity contribution in [2.75, 3.05) is 20.2 Å². The molecule has 1 aliphatic rings. The molecule has 18 heavy (non-hydrogen) atoms. The lowest BCUT2D eigenvalue weighted by Gasteiger charge is -2.22. The summed E-state index contributed by atoms with van der Waals surface area (Å²) in [4.78, 5) is 11.3. The van der Waals surface area contributed by atoms with Crippen molar-refractivity contribution in [3.8, 4) is 0 Å². The molecule has 8 heteroatoms. The number of thiocarbonyl (C=S) groups is 1. The Kier molecular flexibility index (Phi) is 5.06. The first kappa shape index (κ1) is 15.3.